The van der Waals surface area contributed by atoms with Gasteiger partial charge in [-0.3, -0.25) is 9.05 Å². The van der Waals surface area contributed by atoms with Crippen molar-refractivity contribution < 1.29 is 22.0 Å². The molecular weight excluding hydrogens is 499 g/mol. The van der Waals surface area contributed by atoms with E-state index in [0.29, 0.717) is 23.7 Å². The fraction of sp³-hybridized carbons (Fsp3) is 0.481. The van der Waals surface area contributed by atoms with Crippen molar-refractivity contribution in [3.05, 3.63) is 48.5 Å². The molecule has 35 heavy (non-hydrogen) atoms. The van der Waals surface area contributed by atoms with Crippen molar-refractivity contribution in [3.8, 4) is 5.75 Å². The summed E-state index contributed by atoms with van der Waals surface area (Å²) in [6.45, 7) is 5.59. The van der Waals surface area contributed by atoms with Gasteiger partial charge in [0.1, 0.15) is 5.75 Å². The number of hydrogen-bond acceptors (Lipinski definition) is 6. The molecule has 0 heterocycles. The fourth-order valence-electron chi connectivity index (χ4n) is 3.99. The van der Waals surface area contributed by atoms with E-state index < -0.39 is 16.6 Å². The second-order valence-electron chi connectivity index (χ2n) is 8.91. The first-order chi connectivity index (χ1) is 16.7. The number of sulfone groups is 1. The number of rotatable bonds is 14. The standard InChI is InChI=1S/C27H37O5PS2/c1-5-8-10-16-35(28,29)27-15-13-23-17-24-19-26(14-12-22(24)18-25(23)20-27)32-33(34,30-7-3)31-21(4)11-9-6-2/h12-15,17-21H,5-11,16H2,1-4H3. The van der Waals surface area contributed by atoms with Crippen molar-refractivity contribution in [2.24, 2.45) is 0 Å². The number of unbranched alkanes of at least 4 members (excludes halogenated alkanes) is 3. The lowest BCUT2D eigenvalue weighted by atomic mass is 10.0. The molecule has 0 saturated carbocycles. The molecule has 5 nitrogen and oxygen atoms in total. The van der Waals surface area contributed by atoms with Crippen LogP contribution >= 0.6 is 6.72 Å². The first-order valence-corrected chi connectivity index (χ1v) is 16.7. The summed E-state index contributed by atoms with van der Waals surface area (Å²) in [7, 11) is -3.28. The van der Waals surface area contributed by atoms with E-state index in [-0.39, 0.29) is 11.9 Å². The van der Waals surface area contributed by atoms with Crippen LogP contribution in [0.25, 0.3) is 21.5 Å². The van der Waals surface area contributed by atoms with Gasteiger partial charge >= 0.3 is 6.72 Å². The molecule has 0 bridgehead atoms. The van der Waals surface area contributed by atoms with Crippen molar-refractivity contribution in [1.29, 1.82) is 0 Å². The smallest absolute Gasteiger partial charge is 0.380 e. The number of fused-ring (bicyclic) bond motifs is 2. The molecule has 8 heteroatoms. The lowest BCUT2D eigenvalue weighted by Crippen LogP contribution is -2.11. The molecule has 192 valence electrons. The van der Waals surface area contributed by atoms with Gasteiger partial charge in [-0.1, -0.05) is 51.7 Å². The van der Waals surface area contributed by atoms with Crippen LogP contribution in [0.4, 0.5) is 0 Å². The summed E-state index contributed by atoms with van der Waals surface area (Å²) in [5.74, 6) is 0.789. The zero-order valence-corrected chi connectivity index (χ0v) is 23.7. The predicted octanol–water partition coefficient (Wildman–Crippen LogP) is 8.19. The predicted molar refractivity (Wildman–Crippen MR) is 150 cm³/mol. The first kappa shape index (κ1) is 28.1. The molecule has 3 rings (SSSR count). The molecule has 0 aliphatic rings. The highest BCUT2D eigenvalue weighted by Gasteiger charge is 2.25. The Morgan fingerprint density at radius 2 is 1.51 bits per heavy atom. The third-order valence-electron chi connectivity index (χ3n) is 5.89. The summed E-state index contributed by atoms with van der Waals surface area (Å²) in [6.07, 6.45) is 5.63. The normalized spacial score (nSPS) is 14.7. The van der Waals surface area contributed by atoms with Gasteiger partial charge in [-0.25, -0.2) is 8.42 Å². The van der Waals surface area contributed by atoms with Gasteiger partial charge in [-0.05, 0) is 84.6 Å². The Bertz CT molecular complexity index is 1290. The molecule has 0 fully saturated rings. The van der Waals surface area contributed by atoms with Gasteiger partial charge in [0.15, 0.2) is 9.84 Å². The van der Waals surface area contributed by atoms with Gasteiger partial charge < -0.3 is 4.52 Å². The lowest BCUT2D eigenvalue weighted by molar-refractivity contribution is 0.152. The molecule has 0 aromatic heterocycles. The summed E-state index contributed by atoms with van der Waals surface area (Å²) >= 11 is 5.68. The molecule has 3 aromatic rings. The molecule has 0 aliphatic carbocycles. The average Bonchev–Trinajstić information content (AvgIpc) is 2.81. The van der Waals surface area contributed by atoms with Crippen molar-refractivity contribution in [2.45, 2.75) is 77.2 Å². The van der Waals surface area contributed by atoms with Crippen LogP contribution in [0.3, 0.4) is 0 Å². The van der Waals surface area contributed by atoms with Crippen LogP contribution in [0.2, 0.25) is 0 Å². The topological polar surface area (TPSA) is 61.8 Å². The molecule has 2 atom stereocenters. The molecule has 0 amide bonds. The Morgan fingerprint density at radius 1 is 0.857 bits per heavy atom. The molecular formula is C27H37O5PS2. The van der Waals surface area contributed by atoms with Crippen LogP contribution in [0.5, 0.6) is 5.75 Å². The second-order valence-corrected chi connectivity index (χ2v) is 13.9. The Balaban J connectivity index is 1.86. The second kappa shape index (κ2) is 12.6. The Hall–Kier alpha value is -1.50. The Labute approximate surface area is 215 Å². The molecule has 3 aromatic carbocycles. The lowest BCUT2D eigenvalue weighted by Gasteiger charge is -2.25. The largest absolute Gasteiger partial charge is 0.424 e. The fourth-order valence-corrected chi connectivity index (χ4v) is 7.80. The van der Waals surface area contributed by atoms with Gasteiger partial charge in [-0.15, -0.1) is 0 Å². The zero-order chi connectivity index (χ0) is 25.5. The van der Waals surface area contributed by atoms with Crippen LogP contribution in [-0.4, -0.2) is 26.9 Å². The van der Waals surface area contributed by atoms with E-state index in [0.717, 1.165) is 53.6 Å². The van der Waals surface area contributed by atoms with Crippen LogP contribution in [0, 0.1) is 0 Å². The molecule has 2 unspecified atom stereocenters. The molecule has 0 spiro atoms. The summed E-state index contributed by atoms with van der Waals surface area (Å²) in [6, 6.07) is 15.2. The maximum atomic E-state index is 12.7. The van der Waals surface area contributed by atoms with Crippen LogP contribution in [-0.2, 0) is 30.7 Å². The van der Waals surface area contributed by atoms with E-state index in [4.69, 9.17) is 25.4 Å². The number of benzene rings is 3. The quantitative estimate of drug-likeness (QED) is 0.118. The number of hydrogen-bond donors (Lipinski definition) is 0. The minimum Gasteiger partial charge on any atom is -0.424 e. The van der Waals surface area contributed by atoms with E-state index in [1.54, 1.807) is 12.1 Å². The molecule has 0 radical (unpaired) electrons. The zero-order valence-electron chi connectivity index (χ0n) is 21.2. The molecule has 0 saturated heterocycles. The monoisotopic (exact) mass is 536 g/mol. The molecule has 0 aliphatic heterocycles. The minimum absolute atomic E-state index is 0.0378. The summed E-state index contributed by atoms with van der Waals surface area (Å²) in [5.41, 5.74) is 0. The van der Waals surface area contributed by atoms with Crippen molar-refractivity contribution in [2.75, 3.05) is 12.4 Å². The van der Waals surface area contributed by atoms with E-state index in [9.17, 15) is 8.42 Å². The van der Waals surface area contributed by atoms with Gasteiger partial charge in [-0.2, -0.15) is 0 Å². The average molecular weight is 537 g/mol. The van der Waals surface area contributed by atoms with Crippen LogP contribution in [0.15, 0.2) is 53.4 Å². The van der Waals surface area contributed by atoms with Crippen molar-refractivity contribution >= 4 is 49.9 Å². The summed E-state index contributed by atoms with van der Waals surface area (Å²) in [5, 5.41) is 3.84. The maximum Gasteiger partial charge on any atom is 0.380 e. The van der Waals surface area contributed by atoms with E-state index >= 15 is 0 Å². The van der Waals surface area contributed by atoms with E-state index in [1.165, 1.54) is 0 Å². The summed E-state index contributed by atoms with van der Waals surface area (Å²) in [4.78, 5) is 0.382. The van der Waals surface area contributed by atoms with Gasteiger partial charge in [0, 0.05) is 11.8 Å². The Morgan fingerprint density at radius 3 is 2.17 bits per heavy atom. The SMILES string of the molecule is CCCCCS(=O)(=O)c1ccc2cc3cc(OP(=S)(OCC)OC(C)CCCC)ccc3cc2c1. The van der Waals surface area contributed by atoms with Crippen LogP contribution in [0.1, 0.15) is 66.2 Å². The van der Waals surface area contributed by atoms with Crippen molar-refractivity contribution in [3.63, 3.8) is 0 Å². The maximum absolute atomic E-state index is 12.7. The Kier molecular flexibility index (Phi) is 10.1. The van der Waals surface area contributed by atoms with Crippen molar-refractivity contribution in [1.82, 2.24) is 0 Å². The van der Waals surface area contributed by atoms with Gasteiger partial charge in [0.05, 0.1) is 23.4 Å². The van der Waals surface area contributed by atoms with Gasteiger partial charge in [0.2, 0.25) is 0 Å². The third kappa shape index (κ3) is 7.74. The highest BCUT2D eigenvalue weighted by atomic mass is 32.5. The van der Waals surface area contributed by atoms with Crippen LogP contribution < -0.4 is 4.52 Å². The third-order valence-corrected chi connectivity index (χ3v) is 10.1. The van der Waals surface area contributed by atoms with E-state index in [1.807, 2.05) is 50.2 Å². The minimum atomic E-state index is -3.28. The van der Waals surface area contributed by atoms with E-state index in [2.05, 4.69) is 13.8 Å². The summed E-state index contributed by atoms with van der Waals surface area (Å²) < 4.78 is 43.4. The first-order valence-electron chi connectivity index (χ1n) is 12.5. The highest BCUT2D eigenvalue weighted by Crippen LogP contribution is 2.51. The molecule has 0 N–H and O–H groups in total. The van der Waals surface area contributed by atoms with Gasteiger partial charge in [0.25, 0.3) is 0 Å². The highest BCUT2D eigenvalue weighted by molar-refractivity contribution is 8.07.